The summed E-state index contributed by atoms with van der Waals surface area (Å²) in [6.45, 7) is 4.80. The van der Waals surface area contributed by atoms with Gasteiger partial charge in [0.25, 0.3) is 10.1 Å². The van der Waals surface area contributed by atoms with Gasteiger partial charge >= 0.3 is 5.97 Å². The smallest absolute Gasteiger partial charge is 0.330 e. The fraction of sp³-hybridized carbons (Fsp3) is 0.571. The predicted molar refractivity (Wildman–Crippen MR) is 46.8 cm³/mol. The topological polar surface area (TPSA) is 80.7 Å². The summed E-state index contributed by atoms with van der Waals surface area (Å²) in [6.07, 6.45) is 0.437. The van der Waals surface area contributed by atoms with E-state index in [1.54, 1.807) is 6.92 Å². The molecule has 0 bridgehead atoms. The van der Waals surface area contributed by atoms with Gasteiger partial charge in [0.2, 0.25) is 0 Å². The summed E-state index contributed by atoms with van der Waals surface area (Å²) >= 11 is 0. The van der Waals surface area contributed by atoms with E-state index in [4.69, 9.17) is 4.55 Å². The second-order valence-electron chi connectivity index (χ2n) is 2.42. The third-order valence-electron chi connectivity index (χ3n) is 1.30. The van der Waals surface area contributed by atoms with Crippen LogP contribution in [0.2, 0.25) is 0 Å². The molecule has 0 saturated carbocycles. The molecular formula is C7H12O5S. The molecule has 6 heteroatoms. The summed E-state index contributed by atoms with van der Waals surface area (Å²) in [4.78, 5) is 10.7. The molecule has 0 aromatic heterocycles. The van der Waals surface area contributed by atoms with E-state index in [2.05, 4.69) is 11.3 Å². The standard InChI is InChI=1S/C7H12O5S/c1-3-6(5-13(9,10)11)12-7(8)4-2/h4,6H,2-3,5H2,1H3,(H,9,10,11). The van der Waals surface area contributed by atoms with E-state index in [1.807, 2.05) is 0 Å². The van der Waals surface area contributed by atoms with Crippen molar-refractivity contribution in [2.24, 2.45) is 0 Å². The molecule has 0 saturated heterocycles. The zero-order chi connectivity index (χ0) is 10.5. The molecule has 1 unspecified atom stereocenters. The first-order chi connectivity index (χ1) is 5.89. The summed E-state index contributed by atoms with van der Waals surface area (Å²) in [6, 6.07) is 0. The Morgan fingerprint density at radius 1 is 1.69 bits per heavy atom. The van der Waals surface area contributed by atoms with Gasteiger partial charge in [-0.15, -0.1) is 0 Å². The van der Waals surface area contributed by atoms with Crippen molar-refractivity contribution in [2.75, 3.05) is 5.75 Å². The molecular weight excluding hydrogens is 196 g/mol. The number of hydrogen-bond acceptors (Lipinski definition) is 4. The number of rotatable bonds is 5. The zero-order valence-corrected chi connectivity index (χ0v) is 8.08. The average Bonchev–Trinajstić information content (AvgIpc) is 2.00. The molecule has 0 radical (unpaired) electrons. The first-order valence-electron chi connectivity index (χ1n) is 3.67. The third-order valence-corrected chi connectivity index (χ3v) is 2.09. The van der Waals surface area contributed by atoms with E-state index in [1.165, 1.54) is 0 Å². The fourth-order valence-electron chi connectivity index (χ4n) is 0.682. The number of hydrogen-bond donors (Lipinski definition) is 1. The van der Waals surface area contributed by atoms with E-state index >= 15 is 0 Å². The Hall–Kier alpha value is -0.880. The van der Waals surface area contributed by atoms with Crippen LogP contribution < -0.4 is 0 Å². The minimum Gasteiger partial charge on any atom is -0.458 e. The molecule has 0 rings (SSSR count). The first kappa shape index (κ1) is 12.1. The van der Waals surface area contributed by atoms with Crippen molar-refractivity contribution in [3.05, 3.63) is 12.7 Å². The van der Waals surface area contributed by atoms with Crippen LogP contribution in [0.3, 0.4) is 0 Å². The maximum Gasteiger partial charge on any atom is 0.330 e. The van der Waals surface area contributed by atoms with Crippen LogP contribution in [-0.4, -0.2) is 30.8 Å². The lowest BCUT2D eigenvalue weighted by molar-refractivity contribution is -0.142. The Bertz CT molecular complexity index is 279. The molecule has 0 aliphatic heterocycles. The minimum atomic E-state index is -4.10. The second kappa shape index (κ2) is 4.98. The highest BCUT2D eigenvalue weighted by Gasteiger charge is 2.17. The summed E-state index contributed by atoms with van der Waals surface area (Å²) in [5.74, 6) is -1.28. The minimum absolute atomic E-state index is 0.319. The van der Waals surface area contributed by atoms with Crippen LogP contribution >= 0.6 is 0 Å². The van der Waals surface area contributed by atoms with Crippen LogP contribution in [0.15, 0.2) is 12.7 Å². The Morgan fingerprint density at radius 2 is 2.23 bits per heavy atom. The molecule has 0 fully saturated rings. The normalized spacial score (nSPS) is 13.4. The summed E-state index contributed by atoms with van der Waals surface area (Å²) in [5.41, 5.74) is 0. The first-order valence-corrected chi connectivity index (χ1v) is 5.28. The lowest BCUT2D eigenvalue weighted by Gasteiger charge is -2.12. The molecule has 1 N–H and O–H groups in total. The van der Waals surface area contributed by atoms with Crippen molar-refractivity contribution < 1.29 is 22.5 Å². The van der Waals surface area contributed by atoms with E-state index in [0.717, 1.165) is 6.08 Å². The molecule has 0 aromatic rings. The van der Waals surface area contributed by atoms with Crippen LogP contribution in [-0.2, 0) is 19.6 Å². The van der Waals surface area contributed by atoms with E-state index in [9.17, 15) is 13.2 Å². The largest absolute Gasteiger partial charge is 0.458 e. The molecule has 1 atom stereocenters. The van der Waals surface area contributed by atoms with Gasteiger partial charge in [0.05, 0.1) is 0 Å². The summed E-state index contributed by atoms with van der Waals surface area (Å²) in [7, 11) is -4.10. The zero-order valence-electron chi connectivity index (χ0n) is 7.26. The van der Waals surface area contributed by atoms with Crippen LogP contribution in [0, 0.1) is 0 Å². The van der Waals surface area contributed by atoms with Gasteiger partial charge in [-0.3, -0.25) is 4.55 Å². The van der Waals surface area contributed by atoms with Crippen molar-refractivity contribution in [3.63, 3.8) is 0 Å². The van der Waals surface area contributed by atoms with Gasteiger partial charge < -0.3 is 4.74 Å². The number of carbonyl (C=O) groups excluding carboxylic acids is 1. The van der Waals surface area contributed by atoms with Crippen LogP contribution in [0.4, 0.5) is 0 Å². The van der Waals surface area contributed by atoms with E-state index in [0.29, 0.717) is 6.42 Å². The third kappa shape index (κ3) is 6.30. The molecule has 0 aliphatic carbocycles. The van der Waals surface area contributed by atoms with Crippen LogP contribution in [0.25, 0.3) is 0 Å². The van der Waals surface area contributed by atoms with E-state index < -0.39 is 27.9 Å². The van der Waals surface area contributed by atoms with Crippen molar-refractivity contribution >= 4 is 16.1 Å². The predicted octanol–water partition coefficient (Wildman–Crippen LogP) is 0.382. The molecule has 0 heterocycles. The highest BCUT2D eigenvalue weighted by atomic mass is 32.2. The van der Waals surface area contributed by atoms with Gasteiger partial charge in [0.15, 0.2) is 0 Å². The lowest BCUT2D eigenvalue weighted by Crippen LogP contribution is -2.25. The highest BCUT2D eigenvalue weighted by molar-refractivity contribution is 7.85. The Morgan fingerprint density at radius 3 is 2.54 bits per heavy atom. The van der Waals surface area contributed by atoms with Gasteiger partial charge in [-0.25, -0.2) is 4.79 Å². The highest BCUT2D eigenvalue weighted by Crippen LogP contribution is 2.02. The molecule has 76 valence electrons. The molecule has 0 aromatic carbocycles. The van der Waals surface area contributed by atoms with Crippen LogP contribution in [0.1, 0.15) is 13.3 Å². The Balaban J connectivity index is 4.20. The Labute approximate surface area is 77.1 Å². The average molecular weight is 208 g/mol. The number of ether oxygens (including phenoxy) is 1. The van der Waals surface area contributed by atoms with Crippen LogP contribution in [0.5, 0.6) is 0 Å². The van der Waals surface area contributed by atoms with Crippen molar-refractivity contribution in [1.29, 1.82) is 0 Å². The molecule has 5 nitrogen and oxygen atoms in total. The van der Waals surface area contributed by atoms with Gasteiger partial charge in [-0.1, -0.05) is 13.5 Å². The number of esters is 1. The van der Waals surface area contributed by atoms with Gasteiger partial charge in [-0.05, 0) is 6.42 Å². The van der Waals surface area contributed by atoms with Crippen molar-refractivity contribution in [2.45, 2.75) is 19.4 Å². The quantitative estimate of drug-likeness (QED) is 0.401. The van der Waals surface area contributed by atoms with E-state index in [-0.39, 0.29) is 0 Å². The maximum absolute atomic E-state index is 10.7. The van der Waals surface area contributed by atoms with Gasteiger partial charge in [-0.2, -0.15) is 8.42 Å². The van der Waals surface area contributed by atoms with Gasteiger partial charge in [0, 0.05) is 6.08 Å². The van der Waals surface area contributed by atoms with Crippen molar-refractivity contribution in [3.8, 4) is 0 Å². The molecule has 0 aliphatic rings. The summed E-state index contributed by atoms with van der Waals surface area (Å²) < 4.78 is 33.9. The maximum atomic E-state index is 10.7. The lowest BCUT2D eigenvalue weighted by atomic mass is 10.3. The summed E-state index contributed by atoms with van der Waals surface area (Å²) in [5, 5.41) is 0. The fourth-order valence-corrected chi connectivity index (χ4v) is 1.46. The molecule has 0 amide bonds. The number of carbonyl (C=O) groups is 1. The van der Waals surface area contributed by atoms with Gasteiger partial charge in [0.1, 0.15) is 11.9 Å². The SMILES string of the molecule is C=CC(=O)OC(CC)CS(=O)(=O)O. The molecule has 0 spiro atoms. The second-order valence-corrected chi connectivity index (χ2v) is 3.92. The molecule has 13 heavy (non-hydrogen) atoms. The monoisotopic (exact) mass is 208 g/mol. The van der Waals surface area contributed by atoms with Crippen molar-refractivity contribution in [1.82, 2.24) is 0 Å². The Kier molecular flexibility index (Phi) is 4.64.